The number of hydrogen-bond acceptors (Lipinski definition) is 3. The highest BCUT2D eigenvalue weighted by Gasteiger charge is 2.34. The Balaban J connectivity index is 1.84. The van der Waals surface area contributed by atoms with Crippen LogP contribution in [0.15, 0.2) is 42.6 Å². The Hall–Kier alpha value is -2.76. The zero-order chi connectivity index (χ0) is 20.3. The average Bonchev–Trinajstić information content (AvgIpc) is 2.83. The number of nitrogens with zero attached hydrogens (tertiary/aromatic N) is 3. The number of aromatic nitrogens is 1. The number of aryl methyl sites for hydroxylation is 1. The fourth-order valence-electron chi connectivity index (χ4n) is 3.60. The van der Waals surface area contributed by atoms with Gasteiger partial charge in [0.1, 0.15) is 5.82 Å². The van der Waals surface area contributed by atoms with Gasteiger partial charge in [0.25, 0.3) is 5.91 Å². The third kappa shape index (κ3) is 4.38. The minimum absolute atomic E-state index is 0.0150. The molecule has 0 bridgehead atoms. The van der Waals surface area contributed by atoms with E-state index in [0.29, 0.717) is 30.9 Å². The summed E-state index contributed by atoms with van der Waals surface area (Å²) in [4.78, 5) is 33.7. The minimum Gasteiger partial charge on any atom is -0.336 e. The van der Waals surface area contributed by atoms with E-state index in [4.69, 9.17) is 0 Å². The first-order valence-electron chi connectivity index (χ1n) is 9.61. The highest BCUT2D eigenvalue weighted by atomic mass is 19.1. The molecule has 2 heterocycles. The van der Waals surface area contributed by atoms with Crippen molar-refractivity contribution in [3.63, 3.8) is 0 Å². The lowest BCUT2D eigenvalue weighted by molar-refractivity contribution is -0.134. The Morgan fingerprint density at radius 2 is 1.96 bits per heavy atom. The van der Waals surface area contributed by atoms with Gasteiger partial charge >= 0.3 is 0 Å². The van der Waals surface area contributed by atoms with Gasteiger partial charge in [0.05, 0.1) is 11.6 Å². The summed E-state index contributed by atoms with van der Waals surface area (Å²) in [5, 5.41) is 0. The summed E-state index contributed by atoms with van der Waals surface area (Å²) in [5.41, 5.74) is 2.14. The van der Waals surface area contributed by atoms with E-state index in [-0.39, 0.29) is 36.0 Å². The van der Waals surface area contributed by atoms with Crippen LogP contribution in [0.4, 0.5) is 4.39 Å². The van der Waals surface area contributed by atoms with Crippen LogP contribution in [0.5, 0.6) is 0 Å². The average molecular weight is 383 g/mol. The van der Waals surface area contributed by atoms with Crippen molar-refractivity contribution >= 4 is 11.8 Å². The SMILES string of the molecule is Cc1ncccc1C(=O)N1CCC(=O)N(Cc2ccc(F)cc2)C(C(C)C)C1. The predicted molar refractivity (Wildman–Crippen MR) is 105 cm³/mol. The molecule has 1 saturated heterocycles. The molecule has 0 N–H and O–H groups in total. The van der Waals surface area contributed by atoms with Crippen LogP contribution in [0.25, 0.3) is 0 Å². The lowest BCUT2D eigenvalue weighted by atomic mass is 10.0. The van der Waals surface area contributed by atoms with Gasteiger partial charge in [0.2, 0.25) is 5.91 Å². The smallest absolute Gasteiger partial charge is 0.255 e. The summed E-state index contributed by atoms with van der Waals surface area (Å²) in [5.74, 6) is -0.198. The van der Waals surface area contributed by atoms with Crippen molar-refractivity contribution in [3.8, 4) is 0 Å². The summed E-state index contributed by atoms with van der Waals surface area (Å²) in [6.07, 6.45) is 1.94. The predicted octanol–water partition coefficient (Wildman–Crippen LogP) is 3.43. The van der Waals surface area contributed by atoms with E-state index in [0.717, 1.165) is 5.56 Å². The van der Waals surface area contributed by atoms with Crippen LogP contribution in [0.3, 0.4) is 0 Å². The van der Waals surface area contributed by atoms with Crippen molar-refractivity contribution in [3.05, 3.63) is 65.2 Å². The van der Waals surface area contributed by atoms with E-state index in [1.807, 2.05) is 11.8 Å². The highest BCUT2D eigenvalue weighted by Crippen LogP contribution is 2.22. The molecule has 0 radical (unpaired) electrons. The second-order valence-electron chi connectivity index (χ2n) is 7.60. The molecule has 28 heavy (non-hydrogen) atoms. The molecule has 1 fully saturated rings. The Labute approximate surface area is 165 Å². The lowest BCUT2D eigenvalue weighted by Crippen LogP contribution is -2.47. The number of carbonyl (C=O) groups excluding carboxylic acids is 2. The summed E-state index contributed by atoms with van der Waals surface area (Å²) in [6.45, 7) is 7.19. The zero-order valence-corrected chi connectivity index (χ0v) is 16.6. The molecule has 1 unspecified atom stereocenters. The number of carbonyl (C=O) groups is 2. The van der Waals surface area contributed by atoms with Gasteiger partial charge in [-0.15, -0.1) is 0 Å². The quantitative estimate of drug-likeness (QED) is 0.813. The van der Waals surface area contributed by atoms with Gasteiger partial charge in [0.15, 0.2) is 0 Å². The number of benzene rings is 1. The zero-order valence-electron chi connectivity index (χ0n) is 16.6. The molecule has 5 nitrogen and oxygen atoms in total. The lowest BCUT2D eigenvalue weighted by Gasteiger charge is -2.35. The first-order valence-corrected chi connectivity index (χ1v) is 9.61. The summed E-state index contributed by atoms with van der Waals surface area (Å²) >= 11 is 0. The van der Waals surface area contributed by atoms with E-state index >= 15 is 0 Å². The third-order valence-electron chi connectivity index (χ3n) is 5.28. The van der Waals surface area contributed by atoms with Crippen LogP contribution in [0, 0.1) is 18.7 Å². The molecule has 148 valence electrons. The van der Waals surface area contributed by atoms with Crippen molar-refractivity contribution in [2.24, 2.45) is 5.92 Å². The van der Waals surface area contributed by atoms with Gasteiger partial charge in [0, 0.05) is 37.9 Å². The monoisotopic (exact) mass is 383 g/mol. The van der Waals surface area contributed by atoms with Gasteiger partial charge in [-0.2, -0.15) is 0 Å². The molecule has 1 aromatic carbocycles. The Morgan fingerprint density at radius 1 is 1.25 bits per heavy atom. The van der Waals surface area contributed by atoms with E-state index in [9.17, 15) is 14.0 Å². The standard InChI is InChI=1S/C22H26FN3O2/c1-15(2)20-14-25(22(28)19-5-4-11-24-16(19)3)12-10-21(27)26(20)13-17-6-8-18(23)9-7-17/h4-9,11,15,20H,10,12-14H2,1-3H3. The highest BCUT2D eigenvalue weighted by molar-refractivity contribution is 5.95. The van der Waals surface area contributed by atoms with E-state index < -0.39 is 0 Å². The summed E-state index contributed by atoms with van der Waals surface area (Å²) in [6, 6.07) is 9.63. The van der Waals surface area contributed by atoms with Crippen molar-refractivity contribution in [1.29, 1.82) is 0 Å². The number of hydrogen-bond donors (Lipinski definition) is 0. The molecule has 2 amide bonds. The normalized spacial score (nSPS) is 17.8. The summed E-state index contributed by atoms with van der Waals surface area (Å²) in [7, 11) is 0. The van der Waals surface area contributed by atoms with Crippen molar-refractivity contribution < 1.29 is 14.0 Å². The second-order valence-corrected chi connectivity index (χ2v) is 7.60. The third-order valence-corrected chi connectivity index (χ3v) is 5.28. The first-order chi connectivity index (χ1) is 13.4. The molecule has 1 aromatic heterocycles. The van der Waals surface area contributed by atoms with Gasteiger partial charge in [-0.3, -0.25) is 14.6 Å². The number of amides is 2. The maximum Gasteiger partial charge on any atom is 0.255 e. The van der Waals surface area contributed by atoms with Crippen molar-refractivity contribution in [2.75, 3.05) is 13.1 Å². The number of pyridine rings is 1. The van der Waals surface area contributed by atoms with E-state index in [2.05, 4.69) is 18.8 Å². The van der Waals surface area contributed by atoms with Gasteiger partial charge in [-0.05, 0) is 42.7 Å². The molecule has 0 spiro atoms. The molecule has 1 atom stereocenters. The van der Waals surface area contributed by atoms with Gasteiger partial charge in [-0.25, -0.2) is 4.39 Å². The van der Waals surface area contributed by atoms with Crippen LogP contribution in [-0.4, -0.2) is 45.7 Å². The fourth-order valence-corrected chi connectivity index (χ4v) is 3.60. The molecule has 2 aromatic rings. The van der Waals surface area contributed by atoms with Crippen LogP contribution in [0.2, 0.25) is 0 Å². The Morgan fingerprint density at radius 3 is 2.61 bits per heavy atom. The molecule has 1 aliphatic rings. The summed E-state index contributed by atoms with van der Waals surface area (Å²) < 4.78 is 13.2. The Kier molecular flexibility index (Phi) is 6.07. The van der Waals surface area contributed by atoms with Crippen LogP contribution in [0.1, 0.15) is 41.9 Å². The molecule has 0 aliphatic carbocycles. The van der Waals surface area contributed by atoms with Crippen molar-refractivity contribution in [1.82, 2.24) is 14.8 Å². The number of halogens is 1. The number of rotatable bonds is 4. The molecule has 1 aliphatic heterocycles. The molecule has 0 saturated carbocycles. The van der Waals surface area contributed by atoms with E-state index in [1.165, 1.54) is 12.1 Å². The topological polar surface area (TPSA) is 53.5 Å². The fraction of sp³-hybridized carbons (Fsp3) is 0.409. The minimum atomic E-state index is -0.296. The molecular weight excluding hydrogens is 357 g/mol. The molecule has 3 rings (SSSR count). The van der Waals surface area contributed by atoms with Crippen LogP contribution in [-0.2, 0) is 11.3 Å². The van der Waals surface area contributed by atoms with Gasteiger partial charge in [-0.1, -0.05) is 26.0 Å². The van der Waals surface area contributed by atoms with Crippen molar-refractivity contribution in [2.45, 2.75) is 39.8 Å². The maximum atomic E-state index is 13.2. The van der Waals surface area contributed by atoms with Crippen LogP contribution >= 0.6 is 0 Å². The second kappa shape index (κ2) is 8.50. The Bertz CT molecular complexity index is 851. The van der Waals surface area contributed by atoms with Gasteiger partial charge < -0.3 is 9.80 Å². The van der Waals surface area contributed by atoms with Crippen LogP contribution < -0.4 is 0 Å². The largest absolute Gasteiger partial charge is 0.336 e. The molecule has 6 heteroatoms. The van der Waals surface area contributed by atoms with E-state index in [1.54, 1.807) is 35.4 Å². The first kappa shape index (κ1) is 20.0. The maximum absolute atomic E-state index is 13.2. The molecular formula is C22H26FN3O2.